The third-order valence-electron chi connectivity index (χ3n) is 3.12. The molecule has 0 bridgehead atoms. The zero-order valence-corrected chi connectivity index (χ0v) is 12.5. The van der Waals surface area contributed by atoms with Crippen molar-refractivity contribution in [1.29, 1.82) is 0 Å². The van der Waals surface area contributed by atoms with Crippen LogP contribution in [0.3, 0.4) is 0 Å². The van der Waals surface area contributed by atoms with Gasteiger partial charge in [-0.05, 0) is 20.8 Å². The number of carbonyl (C=O) groups excluding carboxylic acids is 1. The van der Waals surface area contributed by atoms with Crippen LogP contribution in [0, 0.1) is 0 Å². The summed E-state index contributed by atoms with van der Waals surface area (Å²) >= 11 is 0. The molecular weight excluding hydrogens is 254 g/mol. The van der Waals surface area contributed by atoms with E-state index < -0.39 is 15.3 Å². The Kier molecular flexibility index (Phi) is 4.74. The number of piperazine rings is 1. The summed E-state index contributed by atoms with van der Waals surface area (Å²) < 4.78 is 26.2. The van der Waals surface area contributed by atoms with Crippen LogP contribution in [0.1, 0.15) is 20.8 Å². The molecule has 1 saturated heterocycles. The number of hydrogen-bond donors (Lipinski definition) is 1. The first kappa shape index (κ1) is 15.4. The molecule has 1 aliphatic heterocycles. The van der Waals surface area contributed by atoms with Crippen LogP contribution in [0.5, 0.6) is 0 Å². The van der Waals surface area contributed by atoms with Crippen LogP contribution in [0.25, 0.3) is 0 Å². The molecule has 0 radical (unpaired) electrons. The molecule has 3 unspecified atom stereocenters. The highest BCUT2D eigenvalue weighted by Crippen LogP contribution is 2.15. The van der Waals surface area contributed by atoms with Crippen molar-refractivity contribution in [1.82, 2.24) is 14.5 Å². The summed E-state index contributed by atoms with van der Waals surface area (Å²) in [5, 5.41) is 2.25. The molecule has 0 saturated carbocycles. The van der Waals surface area contributed by atoms with Gasteiger partial charge >= 0.3 is 0 Å². The molecule has 0 spiro atoms. The molecule has 18 heavy (non-hydrogen) atoms. The minimum atomic E-state index is -3.57. The van der Waals surface area contributed by atoms with Gasteiger partial charge in [-0.3, -0.25) is 4.79 Å². The maximum absolute atomic E-state index is 12.4. The number of nitrogens with zero attached hydrogens (tertiary/aromatic N) is 2. The van der Waals surface area contributed by atoms with E-state index in [4.69, 9.17) is 0 Å². The van der Waals surface area contributed by atoms with E-state index in [0.29, 0.717) is 13.1 Å². The highest BCUT2D eigenvalue weighted by atomic mass is 32.2. The van der Waals surface area contributed by atoms with Gasteiger partial charge in [-0.1, -0.05) is 0 Å². The minimum absolute atomic E-state index is 0.102. The Morgan fingerprint density at radius 1 is 1.28 bits per heavy atom. The van der Waals surface area contributed by atoms with Gasteiger partial charge in [-0.25, -0.2) is 8.42 Å². The van der Waals surface area contributed by atoms with Crippen LogP contribution < -0.4 is 5.32 Å². The summed E-state index contributed by atoms with van der Waals surface area (Å²) in [6, 6.07) is 0.204. The SMILES string of the molecule is CC1CN(S(=O)(=O)C(C)C(=O)N(C)C)CC(C)N1. The highest BCUT2D eigenvalue weighted by Gasteiger charge is 2.37. The van der Waals surface area contributed by atoms with E-state index >= 15 is 0 Å². The largest absolute Gasteiger partial charge is 0.348 e. The zero-order chi connectivity index (χ0) is 14.1. The van der Waals surface area contributed by atoms with E-state index in [1.54, 1.807) is 14.1 Å². The molecule has 0 aromatic carbocycles. The maximum atomic E-state index is 12.4. The molecule has 1 N–H and O–H groups in total. The molecule has 3 atom stereocenters. The van der Waals surface area contributed by atoms with E-state index in [2.05, 4.69) is 5.32 Å². The molecular formula is C11H23N3O3S. The third kappa shape index (κ3) is 3.21. The van der Waals surface area contributed by atoms with Crippen molar-refractivity contribution in [3.05, 3.63) is 0 Å². The summed E-state index contributed by atoms with van der Waals surface area (Å²) in [5.41, 5.74) is 0. The van der Waals surface area contributed by atoms with Gasteiger partial charge < -0.3 is 10.2 Å². The molecule has 7 heteroatoms. The van der Waals surface area contributed by atoms with Crippen molar-refractivity contribution in [2.45, 2.75) is 38.1 Å². The molecule has 1 amide bonds. The summed E-state index contributed by atoms with van der Waals surface area (Å²) in [6.45, 7) is 6.16. The standard InChI is InChI=1S/C11H23N3O3S/c1-8-6-14(7-9(2)12-8)18(16,17)10(3)11(15)13(4)5/h8-10,12H,6-7H2,1-5H3. The molecule has 0 aliphatic carbocycles. The molecule has 0 aromatic heterocycles. The molecule has 1 fully saturated rings. The predicted molar refractivity (Wildman–Crippen MR) is 70.7 cm³/mol. The summed E-state index contributed by atoms with van der Waals surface area (Å²) in [5.74, 6) is -0.381. The molecule has 6 nitrogen and oxygen atoms in total. The Balaban J connectivity index is 2.89. The molecule has 0 aromatic rings. The van der Waals surface area contributed by atoms with Crippen LogP contribution in [0.2, 0.25) is 0 Å². The first-order valence-electron chi connectivity index (χ1n) is 6.12. The topological polar surface area (TPSA) is 69.7 Å². The van der Waals surface area contributed by atoms with E-state index in [0.717, 1.165) is 0 Å². The van der Waals surface area contributed by atoms with Crippen molar-refractivity contribution in [2.24, 2.45) is 0 Å². The van der Waals surface area contributed by atoms with Gasteiger partial charge in [0.15, 0.2) is 5.25 Å². The van der Waals surface area contributed by atoms with Crippen LogP contribution in [-0.4, -0.2) is 68.0 Å². The average Bonchev–Trinajstić information content (AvgIpc) is 2.25. The lowest BCUT2D eigenvalue weighted by Crippen LogP contribution is -2.58. The van der Waals surface area contributed by atoms with Gasteiger partial charge in [0.25, 0.3) is 0 Å². The lowest BCUT2D eigenvalue weighted by Gasteiger charge is -2.36. The van der Waals surface area contributed by atoms with Crippen LogP contribution in [0.15, 0.2) is 0 Å². The highest BCUT2D eigenvalue weighted by molar-refractivity contribution is 7.90. The monoisotopic (exact) mass is 277 g/mol. The lowest BCUT2D eigenvalue weighted by molar-refractivity contribution is -0.128. The molecule has 1 heterocycles. The summed E-state index contributed by atoms with van der Waals surface area (Å²) in [6.07, 6.45) is 0. The Morgan fingerprint density at radius 3 is 2.11 bits per heavy atom. The molecule has 1 rings (SSSR count). The van der Waals surface area contributed by atoms with Gasteiger partial charge in [0.1, 0.15) is 0 Å². The van der Waals surface area contributed by atoms with Crippen LogP contribution in [-0.2, 0) is 14.8 Å². The smallest absolute Gasteiger partial charge is 0.241 e. The van der Waals surface area contributed by atoms with Gasteiger partial charge in [-0.2, -0.15) is 4.31 Å². The lowest BCUT2D eigenvalue weighted by atomic mass is 10.2. The Labute approximate surface area is 109 Å². The Bertz CT molecular complexity index is 398. The first-order valence-corrected chi connectivity index (χ1v) is 7.62. The maximum Gasteiger partial charge on any atom is 0.241 e. The van der Waals surface area contributed by atoms with E-state index in [9.17, 15) is 13.2 Å². The zero-order valence-electron chi connectivity index (χ0n) is 11.7. The van der Waals surface area contributed by atoms with Gasteiger partial charge in [0, 0.05) is 39.3 Å². The van der Waals surface area contributed by atoms with Crippen molar-refractivity contribution < 1.29 is 13.2 Å². The van der Waals surface area contributed by atoms with E-state index in [1.807, 2.05) is 13.8 Å². The van der Waals surface area contributed by atoms with Crippen LogP contribution >= 0.6 is 0 Å². The fourth-order valence-corrected chi connectivity index (χ4v) is 3.97. The van der Waals surface area contributed by atoms with Gasteiger partial charge in [0.2, 0.25) is 15.9 Å². The van der Waals surface area contributed by atoms with Gasteiger partial charge in [-0.15, -0.1) is 0 Å². The summed E-state index contributed by atoms with van der Waals surface area (Å²) in [4.78, 5) is 13.1. The quantitative estimate of drug-likeness (QED) is 0.753. The number of rotatable bonds is 3. The molecule has 1 aliphatic rings. The fraction of sp³-hybridized carbons (Fsp3) is 0.909. The van der Waals surface area contributed by atoms with Crippen molar-refractivity contribution in [3.8, 4) is 0 Å². The number of carbonyl (C=O) groups is 1. The normalized spacial score (nSPS) is 27.8. The minimum Gasteiger partial charge on any atom is -0.348 e. The Morgan fingerprint density at radius 2 is 1.72 bits per heavy atom. The van der Waals surface area contributed by atoms with Crippen LogP contribution in [0.4, 0.5) is 0 Å². The van der Waals surface area contributed by atoms with Crippen molar-refractivity contribution in [3.63, 3.8) is 0 Å². The number of amides is 1. The van der Waals surface area contributed by atoms with E-state index in [-0.39, 0.29) is 18.0 Å². The van der Waals surface area contributed by atoms with Crippen molar-refractivity contribution in [2.75, 3.05) is 27.2 Å². The van der Waals surface area contributed by atoms with Crippen molar-refractivity contribution >= 4 is 15.9 Å². The Hall–Kier alpha value is -0.660. The number of nitrogens with one attached hydrogen (secondary N) is 1. The predicted octanol–water partition coefficient (Wildman–Crippen LogP) is -0.525. The van der Waals surface area contributed by atoms with E-state index in [1.165, 1.54) is 16.1 Å². The number of sulfonamides is 1. The second kappa shape index (κ2) is 5.54. The fourth-order valence-electron chi connectivity index (χ4n) is 2.20. The third-order valence-corrected chi connectivity index (χ3v) is 5.23. The second-order valence-electron chi connectivity index (χ2n) is 5.21. The molecule has 106 valence electrons. The second-order valence-corrected chi connectivity index (χ2v) is 7.46. The number of hydrogen-bond acceptors (Lipinski definition) is 4. The summed E-state index contributed by atoms with van der Waals surface area (Å²) in [7, 11) is -0.436. The van der Waals surface area contributed by atoms with Gasteiger partial charge in [0.05, 0.1) is 0 Å². The average molecular weight is 277 g/mol. The first-order chi connectivity index (χ1) is 8.16.